The van der Waals surface area contributed by atoms with Crippen LogP contribution in [-0.4, -0.2) is 16.5 Å². The molecule has 1 heterocycles. The van der Waals surface area contributed by atoms with Crippen molar-refractivity contribution >= 4 is 21.7 Å². The number of benzene rings is 1. The first-order chi connectivity index (χ1) is 9.19. The molecule has 4 nitrogen and oxygen atoms in total. The number of hydrogen-bond acceptors (Lipinski definition) is 4. The first kappa shape index (κ1) is 13.7. The quantitative estimate of drug-likeness (QED) is 0.902. The van der Waals surface area contributed by atoms with Gasteiger partial charge in [0.15, 0.2) is 0 Å². The van der Waals surface area contributed by atoms with E-state index in [1.54, 1.807) is 12.3 Å². The maximum atomic E-state index is 13.1. The van der Waals surface area contributed by atoms with Crippen LogP contribution in [0.3, 0.4) is 0 Å². The molecule has 0 unspecified atom stereocenters. The fourth-order valence-corrected chi connectivity index (χ4v) is 1.75. The molecule has 1 aromatic heterocycles. The van der Waals surface area contributed by atoms with Crippen molar-refractivity contribution in [1.82, 2.24) is 9.97 Å². The zero-order valence-electron chi connectivity index (χ0n) is 10.4. The molecule has 0 saturated heterocycles. The molecule has 0 radical (unpaired) electrons. The first-order valence-corrected chi connectivity index (χ1v) is 6.67. The van der Waals surface area contributed by atoms with Crippen LogP contribution in [0.25, 0.3) is 0 Å². The third-order valence-corrected chi connectivity index (χ3v) is 2.89. The molecule has 2 rings (SSSR count). The van der Waals surface area contributed by atoms with Gasteiger partial charge in [-0.05, 0) is 40.5 Å². The van der Waals surface area contributed by atoms with Gasteiger partial charge in [-0.3, -0.25) is 4.98 Å². The summed E-state index contributed by atoms with van der Waals surface area (Å²) < 4.78 is 19.0. The van der Waals surface area contributed by atoms with Crippen LogP contribution in [0, 0.1) is 5.82 Å². The number of rotatable bonds is 5. The smallest absolute Gasteiger partial charge is 0.239 e. The molecule has 1 aromatic carbocycles. The summed E-state index contributed by atoms with van der Waals surface area (Å²) in [5, 5.41) is 3.12. The number of nitrogens with zero attached hydrogens (tertiary/aromatic N) is 2. The lowest BCUT2D eigenvalue weighted by Gasteiger charge is -2.07. The lowest BCUT2D eigenvalue weighted by atomic mass is 10.3. The summed E-state index contributed by atoms with van der Waals surface area (Å²) in [5.74, 6) is 1.17. The Hall–Kier alpha value is -1.69. The Balaban J connectivity index is 2.11. The number of nitrogens with one attached hydrogen (secondary N) is 1. The standard InChI is InChI=1S/C13H13BrFN3O/c1-2-5-17-12-7-16-8-13(18-12)19-9-3-4-11(15)10(14)6-9/h3-4,6-8H,2,5H2,1H3,(H,17,18). The molecule has 1 N–H and O–H groups in total. The minimum absolute atomic E-state index is 0.336. The maximum absolute atomic E-state index is 13.1. The van der Waals surface area contributed by atoms with Crippen molar-refractivity contribution in [2.24, 2.45) is 0 Å². The molecule has 19 heavy (non-hydrogen) atoms. The minimum atomic E-state index is -0.336. The Morgan fingerprint density at radius 3 is 2.95 bits per heavy atom. The Morgan fingerprint density at radius 1 is 1.37 bits per heavy atom. The van der Waals surface area contributed by atoms with E-state index in [1.165, 1.54) is 18.3 Å². The van der Waals surface area contributed by atoms with E-state index in [1.807, 2.05) is 0 Å². The van der Waals surface area contributed by atoms with Crippen LogP contribution < -0.4 is 10.1 Å². The average Bonchev–Trinajstić information content (AvgIpc) is 2.41. The topological polar surface area (TPSA) is 47.0 Å². The molecule has 0 atom stereocenters. The summed E-state index contributed by atoms with van der Waals surface area (Å²) >= 11 is 3.10. The molecule has 0 aliphatic heterocycles. The molecule has 0 amide bonds. The second kappa shape index (κ2) is 6.47. The highest BCUT2D eigenvalue weighted by molar-refractivity contribution is 9.10. The zero-order chi connectivity index (χ0) is 13.7. The first-order valence-electron chi connectivity index (χ1n) is 5.88. The average molecular weight is 326 g/mol. The number of hydrogen-bond donors (Lipinski definition) is 1. The molecule has 0 aliphatic carbocycles. The predicted octanol–water partition coefficient (Wildman–Crippen LogP) is 3.99. The van der Waals surface area contributed by atoms with Crippen molar-refractivity contribution < 1.29 is 9.13 Å². The molecule has 0 saturated carbocycles. The highest BCUT2D eigenvalue weighted by atomic mass is 79.9. The lowest BCUT2D eigenvalue weighted by molar-refractivity contribution is 0.458. The lowest BCUT2D eigenvalue weighted by Crippen LogP contribution is -2.03. The van der Waals surface area contributed by atoms with Gasteiger partial charge in [0.2, 0.25) is 5.88 Å². The van der Waals surface area contributed by atoms with E-state index in [0.717, 1.165) is 13.0 Å². The van der Waals surface area contributed by atoms with Gasteiger partial charge in [-0.2, -0.15) is 4.98 Å². The third-order valence-electron chi connectivity index (χ3n) is 2.28. The Bertz CT molecular complexity index is 565. The molecule has 0 fully saturated rings. The number of halogens is 2. The second-order valence-electron chi connectivity index (χ2n) is 3.85. The van der Waals surface area contributed by atoms with Gasteiger partial charge < -0.3 is 10.1 Å². The van der Waals surface area contributed by atoms with Crippen LogP contribution in [0.2, 0.25) is 0 Å². The molecule has 0 aliphatic rings. The highest BCUT2D eigenvalue weighted by Gasteiger charge is 2.04. The predicted molar refractivity (Wildman–Crippen MR) is 75.0 cm³/mol. The minimum Gasteiger partial charge on any atom is -0.437 e. The van der Waals surface area contributed by atoms with Crippen LogP contribution >= 0.6 is 15.9 Å². The van der Waals surface area contributed by atoms with E-state index in [-0.39, 0.29) is 5.82 Å². The van der Waals surface area contributed by atoms with E-state index >= 15 is 0 Å². The van der Waals surface area contributed by atoms with Gasteiger partial charge in [0.05, 0.1) is 16.9 Å². The molecular formula is C13H13BrFN3O. The molecule has 2 aromatic rings. The van der Waals surface area contributed by atoms with Gasteiger partial charge in [0, 0.05) is 6.54 Å². The van der Waals surface area contributed by atoms with Crippen LogP contribution in [0.5, 0.6) is 11.6 Å². The normalized spacial score (nSPS) is 10.3. The van der Waals surface area contributed by atoms with E-state index in [0.29, 0.717) is 21.9 Å². The van der Waals surface area contributed by atoms with Crippen LogP contribution in [0.15, 0.2) is 35.1 Å². The second-order valence-corrected chi connectivity index (χ2v) is 4.70. The monoisotopic (exact) mass is 325 g/mol. The van der Waals surface area contributed by atoms with Crippen LogP contribution in [-0.2, 0) is 0 Å². The number of aromatic nitrogens is 2. The van der Waals surface area contributed by atoms with E-state index in [9.17, 15) is 4.39 Å². The van der Waals surface area contributed by atoms with Crippen molar-refractivity contribution in [2.75, 3.05) is 11.9 Å². The van der Waals surface area contributed by atoms with E-state index in [4.69, 9.17) is 4.74 Å². The SMILES string of the molecule is CCCNc1cncc(Oc2ccc(F)c(Br)c2)n1. The summed E-state index contributed by atoms with van der Waals surface area (Å²) in [4.78, 5) is 8.29. The van der Waals surface area contributed by atoms with Crippen molar-refractivity contribution in [3.05, 3.63) is 40.9 Å². The fourth-order valence-electron chi connectivity index (χ4n) is 1.40. The van der Waals surface area contributed by atoms with Gasteiger partial charge in [-0.15, -0.1) is 0 Å². The Kier molecular flexibility index (Phi) is 4.68. The Labute approximate surface area is 119 Å². The largest absolute Gasteiger partial charge is 0.437 e. The molecule has 100 valence electrons. The van der Waals surface area contributed by atoms with Crippen LogP contribution in [0.1, 0.15) is 13.3 Å². The van der Waals surface area contributed by atoms with Crippen molar-refractivity contribution in [1.29, 1.82) is 0 Å². The summed E-state index contributed by atoms with van der Waals surface area (Å²) in [6.45, 7) is 2.89. The summed E-state index contributed by atoms with van der Waals surface area (Å²) in [5.41, 5.74) is 0. The van der Waals surface area contributed by atoms with Crippen molar-refractivity contribution in [3.63, 3.8) is 0 Å². The molecule has 0 spiro atoms. The number of anilines is 1. The van der Waals surface area contributed by atoms with Crippen LogP contribution in [0.4, 0.5) is 10.2 Å². The van der Waals surface area contributed by atoms with E-state index < -0.39 is 0 Å². The summed E-state index contributed by atoms with van der Waals surface area (Å²) in [6.07, 6.45) is 4.13. The third kappa shape index (κ3) is 3.89. The summed E-state index contributed by atoms with van der Waals surface area (Å²) in [6, 6.07) is 4.41. The van der Waals surface area contributed by atoms with Crippen molar-refractivity contribution in [2.45, 2.75) is 13.3 Å². The molecule has 6 heteroatoms. The maximum Gasteiger partial charge on any atom is 0.239 e. The van der Waals surface area contributed by atoms with E-state index in [2.05, 4.69) is 38.1 Å². The highest BCUT2D eigenvalue weighted by Crippen LogP contribution is 2.25. The fraction of sp³-hybridized carbons (Fsp3) is 0.231. The van der Waals surface area contributed by atoms with Gasteiger partial charge in [0.25, 0.3) is 0 Å². The number of ether oxygens (including phenoxy) is 1. The Morgan fingerprint density at radius 2 is 2.21 bits per heavy atom. The molecule has 0 bridgehead atoms. The van der Waals surface area contributed by atoms with Gasteiger partial charge in [-0.25, -0.2) is 4.39 Å². The van der Waals surface area contributed by atoms with Crippen molar-refractivity contribution in [3.8, 4) is 11.6 Å². The van der Waals surface area contributed by atoms with Gasteiger partial charge >= 0.3 is 0 Å². The van der Waals surface area contributed by atoms with Gasteiger partial charge in [-0.1, -0.05) is 6.92 Å². The summed E-state index contributed by atoms with van der Waals surface area (Å²) in [7, 11) is 0. The van der Waals surface area contributed by atoms with Gasteiger partial charge in [0.1, 0.15) is 17.4 Å². The molecular weight excluding hydrogens is 313 g/mol. The zero-order valence-corrected chi connectivity index (χ0v) is 11.9.